The first-order chi connectivity index (χ1) is 18.6. The number of pyridine rings is 1. The molecule has 4 fully saturated rings. The quantitative estimate of drug-likeness (QED) is 0.508. The van der Waals surface area contributed by atoms with Gasteiger partial charge < -0.3 is 9.84 Å². The molecule has 3 atom stereocenters. The van der Waals surface area contributed by atoms with Crippen LogP contribution in [0.1, 0.15) is 62.1 Å². The number of aromatic nitrogens is 2. The van der Waals surface area contributed by atoms with Gasteiger partial charge in [0.2, 0.25) is 0 Å². The number of imidazole rings is 1. The Balaban J connectivity index is 1.28. The predicted octanol–water partition coefficient (Wildman–Crippen LogP) is 2.54. The maximum absolute atomic E-state index is 14.2. The molecular formula is C27H39F3N6O3. The van der Waals surface area contributed by atoms with Gasteiger partial charge in [0.15, 0.2) is 0 Å². The van der Waals surface area contributed by atoms with Crippen LogP contribution in [0.25, 0.3) is 5.52 Å². The van der Waals surface area contributed by atoms with E-state index >= 15 is 0 Å². The summed E-state index contributed by atoms with van der Waals surface area (Å²) in [6.45, 7) is 3.68. The molecule has 5 heterocycles. The number of nitrogens with one attached hydrogen (secondary N) is 2. The number of rotatable bonds is 6. The van der Waals surface area contributed by atoms with Crippen molar-refractivity contribution in [2.24, 2.45) is 11.3 Å². The summed E-state index contributed by atoms with van der Waals surface area (Å²) in [5.41, 5.74) is 5.72. The fourth-order valence-corrected chi connectivity index (χ4v) is 7.13. The first kappa shape index (κ1) is 27.2. The highest BCUT2D eigenvalue weighted by molar-refractivity contribution is 5.56. The lowest BCUT2D eigenvalue weighted by molar-refractivity contribution is -0.167. The van der Waals surface area contributed by atoms with Gasteiger partial charge in [-0.05, 0) is 63.1 Å². The number of hydrogen-bond donors (Lipinski definition) is 3. The summed E-state index contributed by atoms with van der Waals surface area (Å²) in [4.78, 5) is 17.9. The molecule has 0 aromatic carbocycles. The van der Waals surface area contributed by atoms with E-state index in [0.29, 0.717) is 57.2 Å². The van der Waals surface area contributed by atoms with Gasteiger partial charge >= 0.3 is 11.9 Å². The molecule has 39 heavy (non-hydrogen) atoms. The monoisotopic (exact) mass is 552 g/mol. The van der Waals surface area contributed by atoms with Crippen LogP contribution in [0.4, 0.5) is 13.2 Å². The standard InChI is InChI=1S/C27H39F3N6O3/c1-33-17-31-32-24(33)11-26(15-39-16-26)19-3-2-4-20(10-19)35-14-23-22(27(28,29)30)9-18(13-36(23)25(35)38)12-34-7-5-21(37)6-8-34/h9,13-14,19-21,24,31-32,37H,2-8,10-12,15-17H2,1H3. The maximum Gasteiger partial charge on any atom is 0.418 e. The lowest BCUT2D eigenvalue weighted by Crippen LogP contribution is -2.54. The lowest BCUT2D eigenvalue weighted by atomic mass is 9.64. The van der Waals surface area contributed by atoms with Crippen molar-refractivity contribution in [2.75, 3.05) is 40.0 Å². The van der Waals surface area contributed by atoms with E-state index < -0.39 is 17.4 Å². The molecule has 4 aliphatic rings. The van der Waals surface area contributed by atoms with Crippen molar-refractivity contribution in [1.82, 2.24) is 29.6 Å². The third-order valence-corrected chi connectivity index (χ3v) is 9.53. The Morgan fingerprint density at radius 3 is 2.56 bits per heavy atom. The van der Waals surface area contributed by atoms with Crippen LogP contribution in [-0.4, -0.2) is 76.2 Å². The van der Waals surface area contributed by atoms with Gasteiger partial charge in [0.25, 0.3) is 0 Å². The van der Waals surface area contributed by atoms with Crippen LogP contribution in [-0.2, 0) is 17.5 Å². The van der Waals surface area contributed by atoms with Crippen LogP contribution in [0.15, 0.2) is 23.3 Å². The van der Waals surface area contributed by atoms with Gasteiger partial charge in [0.05, 0.1) is 43.2 Å². The van der Waals surface area contributed by atoms with E-state index in [0.717, 1.165) is 38.8 Å². The molecule has 3 N–H and O–H groups in total. The Bertz CT molecular complexity index is 1230. The van der Waals surface area contributed by atoms with E-state index in [4.69, 9.17) is 4.74 Å². The second-order valence-electron chi connectivity index (χ2n) is 12.2. The summed E-state index contributed by atoms with van der Waals surface area (Å²) < 4.78 is 51.1. The third-order valence-electron chi connectivity index (χ3n) is 9.53. The van der Waals surface area contributed by atoms with E-state index in [-0.39, 0.29) is 29.2 Å². The number of halogens is 3. The fraction of sp³-hybridized carbons (Fsp3) is 0.741. The second-order valence-corrected chi connectivity index (χ2v) is 12.2. The number of hydrazine groups is 1. The van der Waals surface area contributed by atoms with Crippen LogP contribution in [0.2, 0.25) is 0 Å². The van der Waals surface area contributed by atoms with Crippen LogP contribution in [0.5, 0.6) is 0 Å². The largest absolute Gasteiger partial charge is 0.418 e. The Hall–Kier alpha value is -1.96. The summed E-state index contributed by atoms with van der Waals surface area (Å²) in [5, 5.41) is 9.78. The average Bonchev–Trinajstić information content (AvgIpc) is 3.44. The zero-order chi connectivity index (χ0) is 27.4. The lowest BCUT2D eigenvalue weighted by Gasteiger charge is -2.51. The molecule has 0 spiro atoms. The number of aliphatic hydroxyl groups is 1. The van der Waals surface area contributed by atoms with E-state index in [1.54, 1.807) is 10.8 Å². The molecule has 0 radical (unpaired) electrons. The number of aliphatic hydroxyl groups excluding tert-OH is 1. The topological polar surface area (TPSA) is 86.4 Å². The molecule has 1 saturated carbocycles. The molecule has 2 aromatic rings. The van der Waals surface area contributed by atoms with Crippen molar-refractivity contribution in [1.29, 1.82) is 0 Å². The van der Waals surface area contributed by atoms with Crippen molar-refractivity contribution in [2.45, 2.75) is 76.0 Å². The molecule has 0 bridgehead atoms. The first-order valence-corrected chi connectivity index (χ1v) is 14.1. The summed E-state index contributed by atoms with van der Waals surface area (Å²) in [7, 11) is 2.07. The minimum Gasteiger partial charge on any atom is -0.393 e. The zero-order valence-corrected chi connectivity index (χ0v) is 22.4. The Kier molecular flexibility index (Phi) is 7.30. The van der Waals surface area contributed by atoms with Crippen molar-refractivity contribution >= 4 is 5.52 Å². The van der Waals surface area contributed by atoms with Gasteiger partial charge in [-0.15, -0.1) is 0 Å². The normalized spacial score (nSPS) is 29.2. The Labute approximate surface area is 225 Å². The predicted molar refractivity (Wildman–Crippen MR) is 139 cm³/mol. The molecule has 6 rings (SSSR count). The smallest absolute Gasteiger partial charge is 0.393 e. The molecule has 9 nitrogen and oxygen atoms in total. The average molecular weight is 553 g/mol. The van der Waals surface area contributed by atoms with Gasteiger partial charge in [-0.1, -0.05) is 6.42 Å². The second kappa shape index (κ2) is 10.5. The van der Waals surface area contributed by atoms with Gasteiger partial charge in [-0.25, -0.2) is 15.6 Å². The Morgan fingerprint density at radius 1 is 1.15 bits per heavy atom. The molecular weight excluding hydrogens is 513 g/mol. The summed E-state index contributed by atoms with van der Waals surface area (Å²) in [6.07, 6.45) is 3.90. The van der Waals surface area contributed by atoms with E-state index in [1.165, 1.54) is 16.7 Å². The van der Waals surface area contributed by atoms with E-state index in [9.17, 15) is 23.1 Å². The van der Waals surface area contributed by atoms with Crippen molar-refractivity contribution in [3.8, 4) is 0 Å². The van der Waals surface area contributed by atoms with Crippen LogP contribution >= 0.6 is 0 Å². The first-order valence-electron chi connectivity index (χ1n) is 14.1. The molecule has 3 aliphatic heterocycles. The van der Waals surface area contributed by atoms with Gasteiger partial charge in [-0.2, -0.15) is 13.2 Å². The number of hydrogen-bond acceptors (Lipinski definition) is 7. The van der Waals surface area contributed by atoms with Crippen molar-refractivity contribution in [3.63, 3.8) is 0 Å². The molecule has 3 unspecified atom stereocenters. The molecule has 1 aliphatic carbocycles. The van der Waals surface area contributed by atoms with Gasteiger partial charge in [0.1, 0.15) is 0 Å². The Morgan fingerprint density at radius 2 is 1.92 bits per heavy atom. The zero-order valence-electron chi connectivity index (χ0n) is 22.4. The number of alkyl halides is 3. The van der Waals surface area contributed by atoms with Gasteiger partial charge in [0, 0.05) is 43.5 Å². The maximum atomic E-state index is 14.2. The summed E-state index contributed by atoms with van der Waals surface area (Å²) in [6, 6.07) is 1.04. The fourth-order valence-electron chi connectivity index (χ4n) is 7.13. The van der Waals surface area contributed by atoms with Crippen LogP contribution in [0.3, 0.4) is 0 Å². The van der Waals surface area contributed by atoms with Gasteiger partial charge in [-0.3, -0.25) is 18.8 Å². The van der Waals surface area contributed by atoms with Crippen molar-refractivity contribution in [3.05, 3.63) is 40.1 Å². The minimum atomic E-state index is -4.57. The number of piperidine rings is 1. The molecule has 3 saturated heterocycles. The van der Waals surface area contributed by atoms with E-state index in [1.807, 2.05) is 4.90 Å². The number of fused-ring (bicyclic) bond motifs is 1. The molecule has 216 valence electrons. The third kappa shape index (κ3) is 5.27. The van der Waals surface area contributed by atoms with Crippen molar-refractivity contribution < 1.29 is 23.0 Å². The highest BCUT2D eigenvalue weighted by Gasteiger charge is 2.49. The summed E-state index contributed by atoms with van der Waals surface area (Å²) in [5.74, 6) is 0.336. The molecule has 0 amide bonds. The number of ether oxygens (including phenoxy) is 1. The number of likely N-dealkylation sites (tertiary alicyclic amines) is 1. The molecule has 2 aromatic heterocycles. The summed E-state index contributed by atoms with van der Waals surface area (Å²) >= 11 is 0. The highest BCUT2D eigenvalue weighted by atomic mass is 19.4. The SMILES string of the molecule is CN1CNNC1CC1(C2CCCC(n3cc4c(C(F)(F)F)cc(CN5CCC(O)CC5)cn4c3=O)C2)COC1. The van der Waals surface area contributed by atoms with E-state index in [2.05, 4.69) is 22.8 Å². The highest BCUT2D eigenvalue weighted by Crippen LogP contribution is 2.49. The molecule has 12 heteroatoms. The minimum absolute atomic E-state index is 0.00566. The van der Waals surface area contributed by atoms with Crippen LogP contribution in [0, 0.1) is 11.3 Å². The number of nitrogens with zero attached hydrogens (tertiary/aromatic N) is 4. The van der Waals surface area contributed by atoms with Crippen LogP contribution < -0.4 is 16.5 Å².